The number of ether oxygens (including phenoxy) is 1. The fraction of sp³-hybridized carbons (Fsp3) is 0.263. The van der Waals surface area contributed by atoms with E-state index in [4.69, 9.17) is 4.74 Å². The molecule has 8 heteroatoms. The van der Waals surface area contributed by atoms with Crippen LogP contribution in [0, 0.1) is 0 Å². The summed E-state index contributed by atoms with van der Waals surface area (Å²) in [6, 6.07) is 15.1. The molecule has 144 valence electrons. The van der Waals surface area contributed by atoms with E-state index in [0.717, 1.165) is 9.87 Å². The first-order valence-corrected chi connectivity index (χ1v) is 9.75. The monoisotopic (exact) mass is 390 g/mol. The lowest BCUT2D eigenvalue weighted by Crippen LogP contribution is -2.30. The van der Waals surface area contributed by atoms with Crippen LogP contribution in [0.4, 0.5) is 0 Å². The summed E-state index contributed by atoms with van der Waals surface area (Å²) in [5, 5.41) is 2.68. The Kier molecular flexibility index (Phi) is 7.09. The molecule has 0 aromatic heterocycles. The number of amides is 1. The number of carbonyl (C=O) groups is 2. The molecule has 0 aliphatic carbocycles. The van der Waals surface area contributed by atoms with Crippen LogP contribution in [0.5, 0.6) is 0 Å². The standard InChI is InChI=1S/C19H22N2O5S/c1-21(2)27(24,25)17-10-8-16(9-11-17)19(23)26-14-18(22)20-13-12-15-6-4-3-5-7-15/h3-11H,12-14H2,1-2H3,(H,20,22). The zero-order chi connectivity index (χ0) is 19.9. The third-order valence-corrected chi connectivity index (χ3v) is 5.61. The zero-order valence-corrected chi connectivity index (χ0v) is 16.0. The van der Waals surface area contributed by atoms with Gasteiger partial charge in [-0.25, -0.2) is 17.5 Å². The number of esters is 1. The van der Waals surface area contributed by atoms with Crippen LogP contribution in [0.25, 0.3) is 0 Å². The Hall–Kier alpha value is -2.71. The van der Waals surface area contributed by atoms with E-state index in [2.05, 4.69) is 5.32 Å². The highest BCUT2D eigenvalue weighted by Crippen LogP contribution is 2.14. The number of nitrogens with one attached hydrogen (secondary N) is 1. The van der Waals surface area contributed by atoms with Gasteiger partial charge in [-0.1, -0.05) is 30.3 Å². The molecule has 0 aliphatic rings. The summed E-state index contributed by atoms with van der Waals surface area (Å²) in [5.41, 5.74) is 1.27. The molecule has 1 amide bonds. The van der Waals surface area contributed by atoms with Gasteiger partial charge in [0.05, 0.1) is 10.5 Å². The van der Waals surface area contributed by atoms with Gasteiger partial charge in [-0.3, -0.25) is 4.79 Å². The number of benzene rings is 2. The van der Waals surface area contributed by atoms with Gasteiger partial charge in [0.1, 0.15) is 0 Å². The topological polar surface area (TPSA) is 92.8 Å². The molecule has 0 saturated heterocycles. The Bertz CT molecular complexity index is 878. The van der Waals surface area contributed by atoms with Crippen molar-refractivity contribution in [2.75, 3.05) is 27.2 Å². The van der Waals surface area contributed by atoms with Gasteiger partial charge in [0, 0.05) is 20.6 Å². The van der Waals surface area contributed by atoms with Gasteiger partial charge in [-0.15, -0.1) is 0 Å². The van der Waals surface area contributed by atoms with Crippen LogP contribution in [0.3, 0.4) is 0 Å². The molecule has 0 heterocycles. The predicted molar refractivity (Wildman–Crippen MR) is 101 cm³/mol. The van der Waals surface area contributed by atoms with Crippen LogP contribution in [-0.2, 0) is 26.0 Å². The normalized spacial score (nSPS) is 11.2. The minimum absolute atomic E-state index is 0.0719. The Morgan fingerprint density at radius 1 is 1.00 bits per heavy atom. The van der Waals surface area contributed by atoms with Crippen LogP contribution in [0.15, 0.2) is 59.5 Å². The first-order chi connectivity index (χ1) is 12.8. The van der Waals surface area contributed by atoms with Gasteiger partial charge in [-0.2, -0.15) is 0 Å². The largest absolute Gasteiger partial charge is 0.452 e. The van der Waals surface area contributed by atoms with Crippen molar-refractivity contribution in [3.63, 3.8) is 0 Å². The van der Waals surface area contributed by atoms with E-state index in [9.17, 15) is 18.0 Å². The van der Waals surface area contributed by atoms with Gasteiger partial charge < -0.3 is 10.1 Å². The Morgan fingerprint density at radius 2 is 1.63 bits per heavy atom. The minimum atomic E-state index is -3.56. The van der Waals surface area contributed by atoms with Crippen molar-refractivity contribution in [2.24, 2.45) is 0 Å². The van der Waals surface area contributed by atoms with Crippen molar-refractivity contribution in [3.8, 4) is 0 Å². The summed E-state index contributed by atoms with van der Waals surface area (Å²) >= 11 is 0. The maximum Gasteiger partial charge on any atom is 0.338 e. The molecule has 2 aromatic carbocycles. The lowest BCUT2D eigenvalue weighted by Gasteiger charge is -2.11. The first kappa shape index (κ1) is 20.6. The smallest absolute Gasteiger partial charge is 0.338 e. The van der Waals surface area contributed by atoms with Crippen molar-refractivity contribution >= 4 is 21.9 Å². The van der Waals surface area contributed by atoms with Gasteiger partial charge in [0.25, 0.3) is 5.91 Å². The molecule has 0 atom stereocenters. The summed E-state index contributed by atoms with van der Waals surface area (Å²) in [6.45, 7) is 0.0445. The van der Waals surface area contributed by atoms with E-state index in [1.807, 2.05) is 30.3 Å². The highest BCUT2D eigenvalue weighted by atomic mass is 32.2. The molecule has 0 radical (unpaired) electrons. The molecule has 0 fully saturated rings. The fourth-order valence-electron chi connectivity index (χ4n) is 2.23. The number of hydrogen-bond donors (Lipinski definition) is 1. The average molecular weight is 390 g/mol. The molecule has 0 unspecified atom stereocenters. The molecule has 7 nitrogen and oxygen atoms in total. The van der Waals surface area contributed by atoms with Crippen LogP contribution >= 0.6 is 0 Å². The van der Waals surface area contributed by atoms with E-state index in [0.29, 0.717) is 13.0 Å². The van der Waals surface area contributed by atoms with Crippen LogP contribution in [-0.4, -0.2) is 51.8 Å². The van der Waals surface area contributed by atoms with Gasteiger partial charge in [0.2, 0.25) is 10.0 Å². The molecule has 1 N–H and O–H groups in total. The zero-order valence-electron chi connectivity index (χ0n) is 15.2. The Labute approximate surface area is 159 Å². The van der Waals surface area contributed by atoms with E-state index >= 15 is 0 Å². The van der Waals surface area contributed by atoms with Crippen molar-refractivity contribution in [2.45, 2.75) is 11.3 Å². The molecule has 0 saturated carbocycles. The fourth-order valence-corrected chi connectivity index (χ4v) is 3.13. The van der Waals surface area contributed by atoms with Crippen molar-refractivity contribution < 1.29 is 22.7 Å². The van der Waals surface area contributed by atoms with Crippen molar-refractivity contribution in [1.82, 2.24) is 9.62 Å². The Balaban J connectivity index is 1.80. The Morgan fingerprint density at radius 3 is 2.22 bits per heavy atom. The lowest BCUT2D eigenvalue weighted by molar-refractivity contribution is -0.124. The molecule has 2 aromatic rings. The van der Waals surface area contributed by atoms with Crippen LogP contribution in [0.1, 0.15) is 15.9 Å². The van der Waals surface area contributed by atoms with E-state index < -0.39 is 28.5 Å². The summed E-state index contributed by atoms with van der Waals surface area (Å²) in [7, 11) is -0.712. The highest BCUT2D eigenvalue weighted by molar-refractivity contribution is 7.89. The maximum absolute atomic E-state index is 12.0. The summed E-state index contributed by atoms with van der Waals surface area (Å²) < 4.78 is 30.0. The molecule has 2 rings (SSSR count). The van der Waals surface area contributed by atoms with Gasteiger partial charge >= 0.3 is 5.97 Å². The molecular formula is C19H22N2O5S. The highest BCUT2D eigenvalue weighted by Gasteiger charge is 2.18. The molecule has 0 spiro atoms. The van der Waals surface area contributed by atoms with E-state index in [-0.39, 0.29) is 10.5 Å². The predicted octanol–water partition coefficient (Wildman–Crippen LogP) is 1.45. The number of rotatable bonds is 8. The van der Waals surface area contributed by atoms with Crippen LogP contribution < -0.4 is 5.32 Å². The third kappa shape index (κ3) is 5.90. The van der Waals surface area contributed by atoms with Crippen LogP contribution in [0.2, 0.25) is 0 Å². The SMILES string of the molecule is CN(C)S(=O)(=O)c1ccc(C(=O)OCC(=O)NCCc2ccccc2)cc1. The quantitative estimate of drug-likeness (QED) is 0.689. The van der Waals surface area contributed by atoms with E-state index in [1.54, 1.807) is 0 Å². The second kappa shape index (κ2) is 9.29. The average Bonchev–Trinajstić information content (AvgIpc) is 2.67. The number of carbonyl (C=O) groups excluding carboxylic acids is 2. The molecular weight excluding hydrogens is 368 g/mol. The molecule has 27 heavy (non-hydrogen) atoms. The molecule has 0 aliphatic heterocycles. The summed E-state index contributed by atoms with van der Waals surface area (Å²) in [6.07, 6.45) is 0.683. The van der Waals surface area contributed by atoms with Gasteiger partial charge in [0.15, 0.2) is 6.61 Å². The third-order valence-electron chi connectivity index (χ3n) is 3.78. The summed E-state index contributed by atoms with van der Waals surface area (Å²) in [4.78, 5) is 23.8. The van der Waals surface area contributed by atoms with Crippen molar-refractivity contribution in [1.29, 1.82) is 0 Å². The second-order valence-electron chi connectivity index (χ2n) is 5.97. The lowest BCUT2D eigenvalue weighted by atomic mass is 10.1. The number of sulfonamides is 1. The maximum atomic E-state index is 12.0. The number of nitrogens with zero attached hydrogens (tertiary/aromatic N) is 1. The minimum Gasteiger partial charge on any atom is -0.452 e. The van der Waals surface area contributed by atoms with E-state index in [1.165, 1.54) is 38.4 Å². The first-order valence-electron chi connectivity index (χ1n) is 8.31. The molecule has 0 bridgehead atoms. The summed E-state index contributed by atoms with van der Waals surface area (Å²) in [5.74, 6) is -1.09. The second-order valence-corrected chi connectivity index (χ2v) is 8.13. The number of hydrogen-bond acceptors (Lipinski definition) is 5. The van der Waals surface area contributed by atoms with Gasteiger partial charge in [-0.05, 0) is 36.2 Å². The van der Waals surface area contributed by atoms with Crippen molar-refractivity contribution in [3.05, 3.63) is 65.7 Å².